The molecule has 1 amide bonds. The maximum absolute atomic E-state index is 12.4. The van der Waals surface area contributed by atoms with Gasteiger partial charge in [0.1, 0.15) is 0 Å². The number of hydrogen-bond acceptors (Lipinski definition) is 6. The molecule has 0 spiro atoms. The molecule has 0 bridgehead atoms. The van der Waals surface area contributed by atoms with Crippen LogP contribution in [0.4, 0.5) is 0 Å². The molecule has 0 aliphatic carbocycles. The van der Waals surface area contributed by atoms with E-state index < -0.39 is 5.97 Å². The van der Waals surface area contributed by atoms with Gasteiger partial charge in [-0.25, -0.2) is 4.79 Å². The summed E-state index contributed by atoms with van der Waals surface area (Å²) >= 11 is 1.72. The summed E-state index contributed by atoms with van der Waals surface area (Å²) < 4.78 is 16.3. The van der Waals surface area contributed by atoms with Crippen LogP contribution in [0.25, 0.3) is 0 Å². The van der Waals surface area contributed by atoms with Crippen molar-refractivity contribution in [3.05, 3.63) is 45.6 Å². The van der Waals surface area contributed by atoms with Gasteiger partial charge in [0.05, 0.1) is 19.3 Å². The van der Waals surface area contributed by atoms with Crippen LogP contribution >= 0.6 is 11.3 Å². The van der Waals surface area contributed by atoms with Gasteiger partial charge < -0.3 is 19.1 Å². The Hall–Kier alpha value is -2.54. The van der Waals surface area contributed by atoms with E-state index in [1.54, 1.807) is 34.4 Å². The Labute approximate surface area is 175 Å². The Morgan fingerprint density at radius 1 is 1.21 bits per heavy atom. The molecular weight excluding hydrogens is 390 g/mol. The lowest BCUT2D eigenvalue weighted by Gasteiger charge is -2.26. The van der Waals surface area contributed by atoms with Gasteiger partial charge in [0, 0.05) is 18.0 Å². The number of thiophene rings is 1. The highest BCUT2D eigenvalue weighted by molar-refractivity contribution is 7.10. The zero-order chi connectivity index (χ0) is 20.8. The summed E-state index contributed by atoms with van der Waals surface area (Å²) in [6.45, 7) is 5.79. The first-order valence-corrected chi connectivity index (χ1v) is 10.7. The van der Waals surface area contributed by atoms with Crippen LogP contribution < -0.4 is 9.47 Å². The largest absolute Gasteiger partial charge is 0.493 e. The van der Waals surface area contributed by atoms with Crippen molar-refractivity contribution < 1.29 is 23.8 Å². The lowest BCUT2D eigenvalue weighted by atomic mass is 10.1. The molecule has 156 valence electrons. The monoisotopic (exact) mass is 417 g/mol. The van der Waals surface area contributed by atoms with Gasteiger partial charge in [0.25, 0.3) is 5.91 Å². The normalized spacial score (nSPS) is 13.2. The molecule has 1 aromatic carbocycles. The van der Waals surface area contributed by atoms with Crippen LogP contribution in [-0.2, 0) is 22.5 Å². The third kappa shape index (κ3) is 5.50. The molecular formula is C22H27NO5S. The van der Waals surface area contributed by atoms with Crippen LogP contribution in [0.5, 0.6) is 11.5 Å². The fourth-order valence-corrected chi connectivity index (χ4v) is 3.97. The number of carbonyl (C=O) groups is 2. The highest BCUT2D eigenvalue weighted by Gasteiger charge is 2.23. The molecule has 7 heteroatoms. The Balaban J connectivity index is 1.54. The Kier molecular flexibility index (Phi) is 7.14. The first-order chi connectivity index (χ1) is 14.0. The summed E-state index contributed by atoms with van der Waals surface area (Å²) in [5.41, 5.74) is 1.50. The summed E-state index contributed by atoms with van der Waals surface area (Å²) in [6, 6.07) is 6.94. The number of ether oxygens (including phenoxy) is 3. The second-order valence-corrected chi connectivity index (χ2v) is 8.41. The van der Waals surface area contributed by atoms with Crippen molar-refractivity contribution in [2.75, 3.05) is 26.9 Å². The molecule has 2 heterocycles. The molecule has 0 fully saturated rings. The van der Waals surface area contributed by atoms with Gasteiger partial charge in [0.15, 0.2) is 18.1 Å². The highest BCUT2D eigenvalue weighted by Crippen LogP contribution is 2.29. The predicted octanol–water partition coefficient (Wildman–Crippen LogP) is 3.92. The fraction of sp³-hybridized carbons (Fsp3) is 0.455. The van der Waals surface area contributed by atoms with Crippen LogP contribution in [0.2, 0.25) is 0 Å². The first-order valence-electron chi connectivity index (χ1n) is 9.79. The standard InChI is InChI=1S/C22H27NO5S/c1-15(2)7-10-27-18-5-4-16(12-19(18)26-3)22(25)28-14-21(24)23-9-6-20-17(13-23)8-11-29-20/h4-5,8,11-12,15H,6-7,9-10,13-14H2,1-3H3. The van der Waals surface area contributed by atoms with Crippen LogP contribution in [0.1, 0.15) is 41.1 Å². The molecule has 0 saturated heterocycles. The number of carbonyl (C=O) groups excluding carboxylic acids is 2. The van der Waals surface area contributed by atoms with Crippen molar-refractivity contribution >= 4 is 23.2 Å². The molecule has 1 aliphatic rings. The third-order valence-electron chi connectivity index (χ3n) is 4.84. The number of benzene rings is 1. The molecule has 0 atom stereocenters. The van der Waals surface area contributed by atoms with Gasteiger partial charge in [-0.2, -0.15) is 0 Å². The minimum Gasteiger partial charge on any atom is -0.493 e. The van der Waals surface area contributed by atoms with E-state index in [1.165, 1.54) is 17.6 Å². The number of hydrogen-bond donors (Lipinski definition) is 0. The van der Waals surface area contributed by atoms with Crippen molar-refractivity contribution in [1.82, 2.24) is 4.90 Å². The fourth-order valence-electron chi connectivity index (χ4n) is 3.08. The van der Waals surface area contributed by atoms with E-state index in [2.05, 4.69) is 13.8 Å². The molecule has 0 N–H and O–H groups in total. The average molecular weight is 418 g/mol. The summed E-state index contributed by atoms with van der Waals surface area (Å²) in [5.74, 6) is 0.852. The molecule has 0 saturated carbocycles. The van der Waals surface area contributed by atoms with E-state index >= 15 is 0 Å². The van der Waals surface area contributed by atoms with Gasteiger partial charge in [0.2, 0.25) is 0 Å². The summed E-state index contributed by atoms with van der Waals surface area (Å²) in [5, 5.41) is 2.04. The highest BCUT2D eigenvalue weighted by atomic mass is 32.1. The lowest BCUT2D eigenvalue weighted by molar-refractivity contribution is -0.135. The molecule has 1 aromatic heterocycles. The topological polar surface area (TPSA) is 65.1 Å². The smallest absolute Gasteiger partial charge is 0.338 e. The number of fused-ring (bicyclic) bond motifs is 1. The van der Waals surface area contributed by atoms with Crippen molar-refractivity contribution in [3.63, 3.8) is 0 Å². The van der Waals surface area contributed by atoms with Gasteiger partial charge in [-0.1, -0.05) is 13.8 Å². The van der Waals surface area contributed by atoms with E-state index in [4.69, 9.17) is 14.2 Å². The third-order valence-corrected chi connectivity index (χ3v) is 5.86. The summed E-state index contributed by atoms with van der Waals surface area (Å²) in [7, 11) is 1.53. The molecule has 0 radical (unpaired) electrons. The van der Waals surface area contributed by atoms with Crippen LogP contribution in [0.15, 0.2) is 29.6 Å². The van der Waals surface area contributed by atoms with Crippen molar-refractivity contribution in [2.24, 2.45) is 5.92 Å². The number of rotatable bonds is 8. The predicted molar refractivity (Wildman–Crippen MR) is 112 cm³/mol. The van der Waals surface area contributed by atoms with Crippen LogP contribution in [0.3, 0.4) is 0 Å². The second kappa shape index (κ2) is 9.78. The molecule has 6 nitrogen and oxygen atoms in total. The number of nitrogens with zero attached hydrogens (tertiary/aromatic N) is 1. The minimum absolute atomic E-state index is 0.184. The zero-order valence-corrected chi connectivity index (χ0v) is 17.9. The number of amides is 1. The summed E-state index contributed by atoms with van der Waals surface area (Å²) in [6.07, 6.45) is 1.78. The van der Waals surface area contributed by atoms with Crippen molar-refractivity contribution in [2.45, 2.75) is 33.2 Å². The van der Waals surface area contributed by atoms with Crippen molar-refractivity contribution in [3.8, 4) is 11.5 Å². The molecule has 1 aliphatic heterocycles. The van der Waals surface area contributed by atoms with E-state index in [9.17, 15) is 9.59 Å². The average Bonchev–Trinajstić information content (AvgIpc) is 3.19. The Bertz CT molecular complexity index is 861. The quantitative estimate of drug-likeness (QED) is 0.609. The van der Waals surface area contributed by atoms with Gasteiger partial charge in [-0.15, -0.1) is 11.3 Å². The molecule has 0 unspecified atom stereocenters. The van der Waals surface area contributed by atoms with E-state index in [0.717, 1.165) is 12.8 Å². The van der Waals surface area contributed by atoms with Gasteiger partial charge >= 0.3 is 5.97 Å². The van der Waals surface area contributed by atoms with E-state index in [0.29, 0.717) is 42.7 Å². The van der Waals surface area contributed by atoms with Crippen LogP contribution in [0, 0.1) is 5.92 Å². The Morgan fingerprint density at radius 2 is 2.03 bits per heavy atom. The van der Waals surface area contributed by atoms with Crippen LogP contribution in [-0.4, -0.2) is 43.6 Å². The number of methoxy groups -OCH3 is 1. The molecule has 3 rings (SSSR count). The maximum atomic E-state index is 12.4. The molecule has 29 heavy (non-hydrogen) atoms. The second-order valence-electron chi connectivity index (χ2n) is 7.41. The Morgan fingerprint density at radius 3 is 2.79 bits per heavy atom. The zero-order valence-electron chi connectivity index (χ0n) is 17.1. The van der Waals surface area contributed by atoms with Crippen molar-refractivity contribution in [1.29, 1.82) is 0 Å². The van der Waals surface area contributed by atoms with E-state index in [1.807, 2.05) is 11.4 Å². The summed E-state index contributed by atoms with van der Waals surface area (Å²) in [4.78, 5) is 27.9. The van der Waals surface area contributed by atoms with Gasteiger partial charge in [-0.05, 0) is 54.0 Å². The minimum atomic E-state index is -0.557. The lowest BCUT2D eigenvalue weighted by Crippen LogP contribution is -2.38. The SMILES string of the molecule is COc1cc(C(=O)OCC(=O)N2CCc3sccc3C2)ccc1OCCC(C)C. The van der Waals surface area contributed by atoms with E-state index in [-0.39, 0.29) is 12.5 Å². The first kappa shape index (κ1) is 21.2. The van der Waals surface area contributed by atoms with Gasteiger partial charge in [-0.3, -0.25) is 4.79 Å². The number of esters is 1. The maximum Gasteiger partial charge on any atom is 0.338 e. The molecule has 2 aromatic rings.